The second kappa shape index (κ2) is 5.30. The van der Waals surface area contributed by atoms with Crippen molar-refractivity contribution in [3.63, 3.8) is 0 Å². The average molecular weight is 228 g/mol. The third-order valence-corrected chi connectivity index (χ3v) is 2.42. The molecule has 0 unspecified atom stereocenters. The zero-order chi connectivity index (χ0) is 12.1. The molecule has 0 bridgehead atoms. The van der Waals surface area contributed by atoms with Gasteiger partial charge >= 0.3 is 0 Å². The molecule has 0 aliphatic carbocycles. The molecule has 0 fully saturated rings. The van der Waals surface area contributed by atoms with Crippen molar-refractivity contribution in [2.24, 2.45) is 0 Å². The summed E-state index contributed by atoms with van der Waals surface area (Å²) < 4.78 is 0. The Hall–Kier alpha value is -2.10. The third-order valence-electron chi connectivity index (χ3n) is 2.42. The van der Waals surface area contributed by atoms with Crippen LogP contribution in [0.2, 0.25) is 0 Å². The topological polar surface area (TPSA) is 63.8 Å². The lowest BCUT2D eigenvalue weighted by atomic mass is 10.1. The van der Waals surface area contributed by atoms with Crippen LogP contribution in [0.4, 0.5) is 11.6 Å². The molecule has 4 heteroatoms. The maximum absolute atomic E-state index is 5.65. The molecule has 0 aliphatic heterocycles. The molecule has 1 aromatic heterocycles. The van der Waals surface area contributed by atoms with Crippen molar-refractivity contribution in [1.82, 2.24) is 9.97 Å². The molecule has 88 valence electrons. The van der Waals surface area contributed by atoms with E-state index in [1.807, 2.05) is 25.1 Å². The predicted molar refractivity (Wildman–Crippen MR) is 69.8 cm³/mol. The first-order valence-corrected chi connectivity index (χ1v) is 5.63. The van der Waals surface area contributed by atoms with Gasteiger partial charge in [0, 0.05) is 12.6 Å². The molecular formula is C13H16N4. The van der Waals surface area contributed by atoms with E-state index >= 15 is 0 Å². The summed E-state index contributed by atoms with van der Waals surface area (Å²) >= 11 is 0. The average Bonchev–Trinajstić information content (AvgIpc) is 2.29. The van der Waals surface area contributed by atoms with Crippen LogP contribution in [0.1, 0.15) is 11.4 Å². The molecular weight excluding hydrogens is 212 g/mol. The molecule has 0 atom stereocenters. The van der Waals surface area contributed by atoms with Crippen LogP contribution in [-0.4, -0.2) is 16.5 Å². The highest BCUT2D eigenvalue weighted by Crippen LogP contribution is 2.08. The summed E-state index contributed by atoms with van der Waals surface area (Å²) in [4.78, 5) is 8.29. The number of aromatic nitrogens is 2. The smallest absolute Gasteiger partial charge is 0.131 e. The second-order valence-corrected chi connectivity index (χ2v) is 3.89. The van der Waals surface area contributed by atoms with E-state index < -0.39 is 0 Å². The zero-order valence-corrected chi connectivity index (χ0v) is 9.85. The molecule has 3 N–H and O–H groups in total. The number of nitrogen functional groups attached to an aromatic ring is 1. The van der Waals surface area contributed by atoms with Gasteiger partial charge in [0.15, 0.2) is 0 Å². The van der Waals surface area contributed by atoms with E-state index in [1.54, 1.807) is 6.07 Å². The van der Waals surface area contributed by atoms with Gasteiger partial charge in [-0.15, -0.1) is 0 Å². The van der Waals surface area contributed by atoms with Crippen LogP contribution in [0.5, 0.6) is 0 Å². The van der Waals surface area contributed by atoms with Crippen molar-refractivity contribution in [2.45, 2.75) is 13.3 Å². The molecule has 0 amide bonds. The largest absolute Gasteiger partial charge is 0.384 e. The second-order valence-electron chi connectivity index (χ2n) is 3.89. The number of nitrogens with zero attached hydrogens (tertiary/aromatic N) is 2. The van der Waals surface area contributed by atoms with Gasteiger partial charge in [-0.25, -0.2) is 9.97 Å². The number of hydrogen-bond donors (Lipinski definition) is 2. The van der Waals surface area contributed by atoms with Crippen LogP contribution in [0.15, 0.2) is 36.4 Å². The number of nitrogens with one attached hydrogen (secondary N) is 1. The molecule has 2 rings (SSSR count). The molecule has 4 nitrogen and oxygen atoms in total. The summed E-state index contributed by atoms with van der Waals surface area (Å²) in [5.41, 5.74) is 6.96. The summed E-state index contributed by atoms with van der Waals surface area (Å²) in [5, 5.41) is 3.24. The van der Waals surface area contributed by atoms with Crippen molar-refractivity contribution >= 4 is 11.6 Å². The van der Waals surface area contributed by atoms with Crippen molar-refractivity contribution in [1.29, 1.82) is 0 Å². The van der Waals surface area contributed by atoms with Crippen molar-refractivity contribution < 1.29 is 0 Å². The minimum absolute atomic E-state index is 0.500. The maximum Gasteiger partial charge on any atom is 0.131 e. The van der Waals surface area contributed by atoms with E-state index in [0.29, 0.717) is 11.6 Å². The summed E-state index contributed by atoms with van der Waals surface area (Å²) in [6, 6.07) is 12.1. The van der Waals surface area contributed by atoms with Gasteiger partial charge in [0.1, 0.15) is 17.5 Å². The molecule has 2 aromatic rings. The third kappa shape index (κ3) is 3.45. The Morgan fingerprint density at radius 3 is 2.65 bits per heavy atom. The van der Waals surface area contributed by atoms with Gasteiger partial charge in [-0.3, -0.25) is 0 Å². The summed E-state index contributed by atoms with van der Waals surface area (Å²) in [6.45, 7) is 2.67. The Labute approximate surface area is 101 Å². The fourth-order valence-corrected chi connectivity index (χ4v) is 1.66. The van der Waals surface area contributed by atoms with Crippen molar-refractivity contribution in [2.75, 3.05) is 17.6 Å². The first-order valence-electron chi connectivity index (χ1n) is 5.63. The van der Waals surface area contributed by atoms with Crippen molar-refractivity contribution in [3.8, 4) is 0 Å². The van der Waals surface area contributed by atoms with Crippen LogP contribution in [0.3, 0.4) is 0 Å². The molecule has 0 saturated heterocycles. The Balaban J connectivity index is 1.90. The van der Waals surface area contributed by atoms with Gasteiger partial charge in [-0.1, -0.05) is 30.3 Å². The molecule has 1 heterocycles. The molecule has 17 heavy (non-hydrogen) atoms. The monoisotopic (exact) mass is 228 g/mol. The highest BCUT2D eigenvalue weighted by molar-refractivity contribution is 5.44. The van der Waals surface area contributed by atoms with E-state index in [1.165, 1.54) is 5.56 Å². The Morgan fingerprint density at radius 2 is 1.94 bits per heavy atom. The fraction of sp³-hybridized carbons (Fsp3) is 0.231. The highest BCUT2D eigenvalue weighted by atomic mass is 15.0. The lowest BCUT2D eigenvalue weighted by molar-refractivity contribution is 0.984. The standard InChI is InChI=1S/C13H16N4/c1-10-16-12(14)9-13(17-10)15-8-7-11-5-3-2-4-6-11/h2-6,9H,7-8H2,1H3,(H3,14,15,16,17). The van der Waals surface area contributed by atoms with Gasteiger partial charge in [0.2, 0.25) is 0 Å². The molecule has 0 aliphatic rings. The quantitative estimate of drug-likeness (QED) is 0.840. The van der Waals surface area contributed by atoms with Gasteiger partial charge in [0.25, 0.3) is 0 Å². The van der Waals surface area contributed by atoms with Crippen LogP contribution < -0.4 is 11.1 Å². The number of nitrogens with two attached hydrogens (primary N) is 1. The fourth-order valence-electron chi connectivity index (χ4n) is 1.66. The van der Waals surface area contributed by atoms with E-state index in [9.17, 15) is 0 Å². The molecule has 0 saturated carbocycles. The summed E-state index contributed by atoms with van der Waals surface area (Å²) in [7, 11) is 0. The van der Waals surface area contributed by atoms with E-state index in [4.69, 9.17) is 5.73 Å². The van der Waals surface area contributed by atoms with E-state index in [2.05, 4.69) is 27.4 Å². The van der Waals surface area contributed by atoms with Crippen molar-refractivity contribution in [3.05, 3.63) is 47.8 Å². The minimum atomic E-state index is 0.500. The number of benzene rings is 1. The molecule has 0 radical (unpaired) electrons. The lowest BCUT2D eigenvalue weighted by Crippen LogP contribution is -2.08. The predicted octanol–water partition coefficient (Wildman–Crippen LogP) is 2.02. The number of aryl methyl sites for hydroxylation is 1. The first-order chi connectivity index (χ1) is 8.24. The summed E-state index contributed by atoms with van der Waals surface area (Å²) in [6.07, 6.45) is 0.962. The number of rotatable bonds is 4. The van der Waals surface area contributed by atoms with Crippen LogP contribution in [-0.2, 0) is 6.42 Å². The maximum atomic E-state index is 5.65. The van der Waals surface area contributed by atoms with Crippen LogP contribution in [0.25, 0.3) is 0 Å². The first kappa shape index (κ1) is 11.4. The number of anilines is 2. The summed E-state index contributed by atoms with van der Waals surface area (Å²) in [5.74, 6) is 1.97. The van der Waals surface area contributed by atoms with Crippen LogP contribution in [0, 0.1) is 6.92 Å². The van der Waals surface area contributed by atoms with Gasteiger partial charge in [0.05, 0.1) is 0 Å². The highest BCUT2D eigenvalue weighted by Gasteiger charge is 1.98. The van der Waals surface area contributed by atoms with Gasteiger partial charge < -0.3 is 11.1 Å². The molecule has 1 aromatic carbocycles. The Kier molecular flexibility index (Phi) is 3.55. The van der Waals surface area contributed by atoms with E-state index in [0.717, 1.165) is 18.8 Å². The van der Waals surface area contributed by atoms with Crippen LogP contribution >= 0.6 is 0 Å². The minimum Gasteiger partial charge on any atom is -0.384 e. The van der Waals surface area contributed by atoms with Gasteiger partial charge in [-0.2, -0.15) is 0 Å². The number of hydrogen-bond acceptors (Lipinski definition) is 4. The lowest BCUT2D eigenvalue weighted by Gasteiger charge is -2.06. The zero-order valence-electron chi connectivity index (χ0n) is 9.85. The Morgan fingerprint density at radius 1 is 1.18 bits per heavy atom. The van der Waals surface area contributed by atoms with E-state index in [-0.39, 0.29) is 0 Å². The SMILES string of the molecule is Cc1nc(N)cc(NCCc2ccccc2)n1. The Bertz CT molecular complexity index is 462. The normalized spacial score (nSPS) is 10.2. The van der Waals surface area contributed by atoms with Gasteiger partial charge in [-0.05, 0) is 18.9 Å². The molecule has 0 spiro atoms.